The molecule has 3 aromatic carbocycles. The first kappa shape index (κ1) is 25.7. The molecular formula is C28H24ClN3O5. The standard InChI is InChI=1S/C28H24ClN3O5/c1-2-3-16-37-28(36)18-12-14-20(15-13-18)31-25(33)19-8-7-9-21(17-19)30-24-23(29)26(34)32(27(24)35)22-10-5-4-6-11-22/h4-15,17,30H,2-3,16H2,1H3,(H,31,33). The molecule has 0 bridgehead atoms. The lowest BCUT2D eigenvalue weighted by molar-refractivity contribution is -0.120. The Hall–Kier alpha value is -4.43. The minimum atomic E-state index is -0.632. The Bertz CT molecular complexity index is 1370. The molecule has 8 nitrogen and oxygen atoms in total. The lowest BCUT2D eigenvalue weighted by Gasteiger charge is -2.15. The molecule has 37 heavy (non-hydrogen) atoms. The molecule has 0 fully saturated rings. The van der Waals surface area contributed by atoms with Gasteiger partial charge in [0, 0.05) is 16.9 Å². The average molecular weight is 518 g/mol. The van der Waals surface area contributed by atoms with Gasteiger partial charge in [-0.25, -0.2) is 9.69 Å². The number of benzene rings is 3. The van der Waals surface area contributed by atoms with Crippen molar-refractivity contribution in [2.45, 2.75) is 19.8 Å². The monoisotopic (exact) mass is 517 g/mol. The van der Waals surface area contributed by atoms with Crippen molar-refractivity contribution >= 4 is 52.4 Å². The van der Waals surface area contributed by atoms with E-state index in [2.05, 4.69) is 10.6 Å². The van der Waals surface area contributed by atoms with Gasteiger partial charge in [-0.1, -0.05) is 49.2 Å². The van der Waals surface area contributed by atoms with Crippen LogP contribution in [-0.2, 0) is 14.3 Å². The normalized spacial score (nSPS) is 13.1. The quantitative estimate of drug-likeness (QED) is 0.226. The van der Waals surface area contributed by atoms with E-state index in [0.29, 0.717) is 34.8 Å². The van der Waals surface area contributed by atoms with Crippen LogP contribution in [0.1, 0.15) is 40.5 Å². The van der Waals surface area contributed by atoms with Crippen molar-refractivity contribution in [1.82, 2.24) is 0 Å². The number of nitrogens with zero attached hydrogens (tertiary/aromatic N) is 1. The van der Waals surface area contributed by atoms with Gasteiger partial charge in [0.25, 0.3) is 17.7 Å². The number of hydrogen-bond donors (Lipinski definition) is 2. The van der Waals surface area contributed by atoms with Crippen LogP contribution in [0.2, 0.25) is 0 Å². The molecule has 3 aromatic rings. The third kappa shape index (κ3) is 5.87. The zero-order valence-corrected chi connectivity index (χ0v) is 20.7. The zero-order valence-electron chi connectivity index (χ0n) is 20.0. The Labute approximate surface area is 218 Å². The van der Waals surface area contributed by atoms with Crippen molar-refractivity contribution in [2.75, 3.05) is 22.1 Å². The number of nitrogens with one attached hydrogen (secondary N) is 2. The number of anilines is 3. The first-order valence-electron chi connectivity index (χ1n) is 11.7. The van der Waals surface area contributed by atoms with E-state index in [4.69, 9.17) is 16.3 Å². The van der Waals surface area contributed by atoms with Crippen LogP contribution in [0.5, 0.6) is 0 Å². The Morgan fingerprint density at radius 2 is 1.59 bits per heavy atom. The van der Waals surface area contributed by atoms with E-state index < -0.39 is 23.7 Å². The molecule has 1 aliphatic rings. The van der Waals surface area contributed by atoms with Crippen LogP contribution in [0.4, 0.5) is 17.1 Å². The summed E-state index contributed by atoms with van der Waals surface area (Å²) in [5.41, 5.74) is 1.93. The van der Waals surface area contributed by atoms with Gasteiger partial charge in [0.05, 0.1) is 17.9 Å². The summed E-state index contributed by atoms with van der Waals surface area (Å²) >= 11 is 6.19. The van der Waals surface area contributed by atoms with Crippen molar-refractivity contribution in [3.8, 4) is 0 Å². The Balaban J connectivity index is 1.43. The molecule has 4 rings (SSSR count). The molecule has 0 unspecified atom stereocenters. The van der Waals surface area contributed by atoms with Gasteiger partial charge in [-0.3, -0.25) is 14.4 Å². The average Bonchev–Trinajstić information content (AvgIpc) is 3.12. The first-order valence-corrected chi connectivity index (χ1v) is 12.1. The molecule has 9 heteroatoms. The maximum absolute atomic E-state index is 12.9. The van der Waals surface area contributed by atoms with Crippen molar-refractivity contribution in [1.29, 1.82) is 0 Å². The highest BCUT2D eigenvalue weighted by Crippen LogP contribution is 2.30. The topological polar surface area (TPSA) is 105 Å². The molecule has 1 aliphatic heterocycles. The van der Waals surface area contributed by atoms with Gasteiger partial charge in [0.1, 0.15) is 10.7 Å². The largest absolute Gasteiger partial charge is 0.462 e. The highest BCUT2D eigenvalue weighted by Gasteiger charge is 2.38. The van der Waals surface area contributed by atoms with Crippen molar-refractivity contribution < 1.29 is 23.9 Å². The molecule has 0 saturated heterocycles. The fourth-order valence-corrected chi connectivity index (χ4v) is 3.80. The summed E-state index contributed by atoms with van der Waals surface area (Å²) < 4.78 is 5.19. The molecule has 2 N–H and O–H groups in total. The number of imide groups is 1. The summed E-state index contributed by atoms with van der Waals surface area (Å²) in [5.74, 6) is -2.04. The predicted molar refractivity (Wildman–Crippen MR) is 141 cm³/mol. The van der Waals surface area contributed by atoms with Gasteiger partial charge in [0.15, 0.2) is 0 Å². The summed E-state index contributed by atoms with van der Waals surface area (Å²) in [4.78, 5) is 51.4. The SMILES string of the molecule is CCCCOC(=O)c1ccc(NC(=O)c2cccc(NC3=C(Cl)C(=O)N(c4ccccc4)C3=O)c2)cc1. The third-order valence-corrected chi connectivity index (χ3v) is 5.90. The van der Waals surface area contributed by atoms with Gasteiger partial charge in [-0.15, -0.1) is 0 Å². The second kappa shape index (κ2) is 11.5. The van der Waals surface area contributed by atoms with E-state index in [1.54, 1.807) is 72.8 Å². The maximum Gasteiger partial charge on any atom is 0.338 e. The molecular weight excluding hydrogens is 494 g/mol. The number of para-hydroxylation sites is 1. The Morgan fingerprint density at radius 1 is 0.865 bits per heavy atom. The molecule has 0 radical (unpaired) electrons. The minimum Gasteiger partial charge on any atom is -0.462 e. The number of halogens is 1. The van der Waals surface area contributed by atoms with Gasteiger partial charge < -0.3 is 15.4 Å². The Morgan fingerprint density at radius 3 is 2.30 bits per heavy atom. The molecule has 0 atom stereocenters. The van der Waals surface area contributed by atoms with Crippen LogP contribution in [0.3, 0.4) is 0 Å². The lowest BCUT2D eigenvalue weighted by atomic mass is 10.1. The van der Waals surface area contributed by atoms with Crippen LogP contribution >= 0.6 is 11.6 Å². The number of amides is 3. The van der Waals surface area contributed by atoms with E-state index >= 15 is 0 Å². The maximum atomic E-state index is 12.9. The third-order valence-electron chi connectivity index (χ3n) is 5.55. The number of carbonyl (C=O) groups excluding carboxylic acids is 4. The first-order chi connectivity index (χ1) is 17.9. The van der Waals surface area contributed by atoms with E-state index in [1.165, 1.54) is 6.07 Å². The molecule has 0 spiro atoms. The predicted octanol–water partition coefficient (Wildman–Crippen LogP) is 5.33. The van der Waals surface area contributed by atoms with E-state index in [1.807, 2.05) is 6.92 Å². The van der Waals surface area contributed by atoms with E-state index in [9.17, 15) is 19.2 Å². The number of carbonyl (C=O) groups is 4. The highest BCUT2D eigenvalue weighted by atomic mass is 35.5. The van der Waals surface area contributed by atoms with Crippen molar-refractivity contribution in [3.05, 3.63) is 101 Å². The summed E-state index contributed by atoms with van der Waals surface area (Å²) in [5, 5.41) is 5.40. The number of unbranched alkanes of at least 4 members (excludes halogenated alkanes) is 1. The summed E-state index contributed by atoms with van der Waals surface area (Å²) in [6.07, 6.45) is 1.73. The van der Waals surface area contributed by atoms with Crippen molar-refractivity contribution in [2.24, 2.45) is 0 Å². The smallest absolute Gasteiger partial charge is 0.338 e. The van der Waals surface area contributed by atoms with Crippen LogP contribution < -0.4 is 15.5 Å². The minimum absolute atomic E-state index is 0.0745. The van der Waals surface area contributed by atoms with E-state index in [0.717, 1.165) is 17.7 Å². The molecule has 0 aliphatic carbocycles. The van der Waals surface area contributed by atoms with Crippen LogP contribution in [-0.4, -0.2) is 30.3 Å². The molecule has 1 heterocycles. The number of ether oxygens (including phenoxy) is 1. The second-order valence-electron chi connectivity index (χ2n) is 8.20. The van der Waals surface area contributed by atoms with Gasteiger partial charge in [0.2, 0.25) is 0 Å². The number of esters is 1. The van der Waals surface area contributed by atoms with Crippen LogP contribution in [0, 0.1) is 0 Å². The van der Waals surface area contributed by atoms with E-state index in [-0.39, 0.29) is 10.7 Å². The second-order valence-corrected chi connectivity index (χ2v) is 8.57. The fraction of sp³-hybridized carbons (Fsp3) is 0.143. The highest BCUT2D eigenvalue weighted by molar-refractivity contribution is 6.53. The number of rotatable bonds is 9. The summed E-state index contributed by atoms with van der Waals surface area (Å²) in [6.45, 7) is 2.38. The molecule has 0 aromatic heterocycles. The zero-order chi connectivity index (χ0) is 26.4. The number of hydrogen-bond acceptors (Lipinski definition) is 6. The molecule has 0 saturated carbocycles. The van der Waals surface area contributed by atoms with Gasteiger partial charge in [-0.05, 0) is 61.0 Å². The summed E-state index contributed by atoms with van der Waals surface area (Å²) in [7, 11) is 0. The summed E-state index contributed by atoms with van der Waals surface area (Å²) in [6, 6.07) is 21.3. The van der Waals surface area contributed by atoms with Crippen LogP contribution in [0.25, 0.3) is 0 Å². The van der Waals surface area contributed by atoms with Crippen molar-refractivity contribution in [3.63, 3.8) is 0 Å². The van der Waals surface area contributed by atoms with Gasteiger partial charge in [-0.2, -0.15) is 0 Å². The Kier molecular flexibility index (Phi) is 8.00. The lowest BCUT2D eigenvalue weighted by Crippen LogP contribution is -2.32. The van der Waals surface area contributed by atoms with Crippen LogP contribution in [0.15, 0.2) is 89.6 Å². The fourth-order valence-electron chi connectivity index (χ4n) is 3.59. The molecule has 3 amide bonds. The molecule has 188 valence electrons. The van der Waals surface area contributed by atoms with Gasteiger partial charge >= 0.3 is 5.97 Å².